The highest BCUT2D eigenvalue weighted by atomic mass is 35.5. The second-order valence-electron chi connectivity index (χ2n) is 6.41. The van der Waals surface area contributed by atoms with Crippen LogP contribution in [0.2, 0.25) is 5.02 Å². The third kappa shape index (κ3) is 6.20. The summed E-state index contributed by atoms with van der Waals surface area (Å²) in [5, 5.41) is 12.1. The van der Waals surface area contributed by atoms with Gasteiger partial charge >= 0.3 is 0 Å². The summed E-state index contributed by atoms with van der Waals surface area (Å²) in [5.74, 6) is 0.433. The van der Waals surface area contributed by atoms with Gasteiger partial charge in [-0.1, -0.05) is 41.9 Å². The molecule has 1 aromatic heterocycles. The maximum absolute atomic E-state index is 12.7. The first-order valence-electron chi connectivity index (χ1n) is 9.41. The summed E-state index contributed by atoms with van der Waals surface area (Å²) in [6.07, 6.45) is 3.77. The van der Waals surface area contributed by atoms with E-state index in [2.05, 4.69) is 10.3 Å². The molecule has 0 fully saturated rings. The third-order valence-electron chi connectivity index (χ3n) is 4.23. The van der Waals surface area contributed by atoms with Crippen molar-refractivity contribution < 1.29 is 9.53 Å². The molecule has 0 saturated carbocycles. The van der Waals surface area contributed by atoms with Gasteiger partial charge in [-0.2, -0.15) is 5.26 Å². The Morgan fingerprint density at radius 1 is 1.10 bits per heavy atom. The summed E-state index contributed by atoms with van der Waals surface area (Å²) in [7, 11) is 0. The van der Waals surface area contributed by atoms with Gasteiger partial charge in [-0.3, -0.25) is 9.78 Å². The number of carbonyl (C=O) groups excluding carboxylic acids is 1. The molecule has 0 aliphatic rings. The summed E-state index contributed by atoms with van der Waals surface area (Å²) < 4.78 is 5.76. The van der Waals surface area contributed by atoms with Gasteiger partial charge in [-0.25, -0.2) is 0 Å². The fourth-order valence-electron chi connectivity index (χ4n) is 2.70. The first-order valence-corrected chi connectivity index (χ1v) is 9.79. The van der Waals surface area contributed by atoms with Gasteiger partial charge in [0.15, 0.2) is 0 Å². The average molecular weight is 418 g/mol. The van der Waals surface area contributed by atoms with E-state index in [1.54, 1.807) is 24.4 Å². The Labute approximate surface area is 180 Å². The summed E-state index contributed by atoms with van der Waals surface area (Å²) in [6.45, 7) is 0.654. The lowest BCUT2D eigenvalue weighted by molar-refractivity contribution is -0.115. The van der Waals surface area contributed by atoms with Crippen molar-refractivity contribution in [3.63, 3.8) is 0 Å². The summed E-state index contributed by atoms with van der Waals surface area (Å²) in [5.41, 5.74) is 2.92. The monoisotopic (exact) mass is 417 g/mol. The molecule has 0 radical (unpaired) electrons. The molecule has 0 aliphatic carbocycles. The largest absolute Gasteiger partial charge is 0.487 e. The minimum atomic E-state index is -0.248. The summed E-state index contributed by atoms with van der Waals surface area (Å²) in [6, 6.07) is 22.2. The van der Waals surface area contributed by atoms with Crippen molar-refractivity contribution in [3.05, 3.63) is 94.8 Å². The third-order valence-corrected chi connectivity index (χ3v) is 4.48. The van der Waals surface area contributed by atoms with Gasteiger partial charge in [0.25, 0.3) is 5.91 Å². The molecular formula is C24H20ClN3O2. The van der Waals surface area contributed by atoms with Crippen molar-refractivity contribution in [1.29, 1.82) is 5.26 Å². The Morgan fingerprint density at radius 2 is 1.87 bits per heavy atom. The van der Waals surface area contributed by atoms with Crippen LogP contribution in [0.4, 0.5) is 0 Å². The fourth-order valence-corrected chi connectivity index (χ4v) is 2.83. The number of carbonyl (C=O) groups is 1. The molecule has 0 saturated heterocycles. The van der Waals surface area contributed by atoms with E-state index in [0.29, 0.717) is 29.5 Å². The van der Waals surface area contributed by atoms with E-state index < -0.39 is 0 Å². The lowest BCUT2D eigenvalue weighted by Gasteiger charge is -2.11. The molecule has 30 heavy (non-hydrogen) atoms. The van der Waals surface area contributed by atoms with Gasteiger partial charge < -0.3 is 10.1 Å². The molecule has 150 valence electrons. The number of aromatic nitrogens is 1. The number of rotatable bonds is 8. The quantitative estimate of drug-likeness (QED) is 0.322. The number of nitrogens with one attached hydrogen (secondary N) is 1. The van der Waals surface area contributed by atoms with Crippen molar-refractivity contribution in [2.75, 3.05) is 6.54 Å². The molecule has 1 heterocycles. The van der Waals surface area contributed by atoms with Gasteiger partial charge in [0, 0.05) is 23.3 Å². The lowest BCUT2D eigenvalue weighted by Crippen LogP contribution is -2.25. The second kappa shape index (κ2) is 10.8. The SMILES string of the molecule is N#CCCNC(=O)/C(=C/c1ccc(Cl)cc1)c1ccc(OCc2ccccn2)cc1. The smallest absolute Gasteiger partial charge is 0.251 e. The van der Waals surface area contributed by atoms with E-state index in [-0.39, 0.29) is 12.3 Å². The van der Waals surface area contributed by atoms with E-state index in [1.807, 2.05) is 60.7 Å². The van der Waals surface area contributed by atoms with Crippen LogP contribution in [0, 0.1) is 11.3 Å². The van der Waals surface area contributed by atoms with Crippen molar-refractivity contribution in [1.82, 2.24) is 10.3 Å². The Hall–Kier alpha value is -3.62. The Morgan fingerprint density at radius 3 is 2.53 bits per heavy atom. The molecule has 0 unspecified atom stereocenters. The molecule has 1 N–H and O–H groups in total. The molecule has 2 aromatic carbocycles. The van der Waals surface area contributed by atoms with E-state index in [9.17, 15) is 4.79 Å². The highest BCUT2D eigenvalue weighted by Crippen LogP contribution is 2.23. The van der Waals surface area contributed by atoms with Crippen molar-refractivity contribution >= 4 is 29.2 Å². The van der Waals surface area contributed by atoms with E-state index in [0.717, 1.165) is 16.8 Å². The zero-order chi connectivity index (χ0) is 21.2. The zero-order valence-electron chi connectivity index (χ0n) is 16.2. The average Bonchev–Trinajstić information content (AvgIpc) is 2.78. The van der Waals surface area contributed by atoms with E-state index in [1.165, 1.54) is 0 Å². The number of pyridine rings is 1. The Kier molecular flexibility index (Phi) is 7.59. The number of benzene rings is 2. The van der Waals surface area contributed by atoms with Crippen LogP contribution in [0.15, 0.2) is 72.9 Å². The number of hydrogen-bond acceptors (Lipinski definition) is 4. The molecule has 3 aromatic rings. The molecule has 1 amide bonds. The number of amides is 1. The highest BCUT2D eigenvalue weighted by molar-refractivity contribution is 6.30. The van der Waals surface area contributed by atoms with Crippen LogP contribution in [0.3, 0.4) is 0 Å². The van der Waals surface area contributed by atoms with Crippen LogP contribution in [-0.4, -0.2) is 17.4 Å². The van der Waals surface area contributed by atoms with Crippen LogP contribution >= 0.6 is 11.6 Å². The minimum Gasteiger partial charge on any atom is -0.487 e. The van der Waals surface area contributed by atoms with Gasteiger partial charge in [0.05, 0.1) is 18.2 Å². The second-order valence-corrected chi connectivity index (χ2v) is 6.84. The maximum Gasteiger partial charge on any atom is 0.251 e. The normalized spacial score (nSPS) is 10.9. The Bertz CT molecular complexity index is 1040. The van der Waals surface area contributed by atoms with E-state index in [4.69, 9.17) is 21.6 Å². The fraction of sp³-hybridized carbons (Fsp3) is 0.125. The number of halogens is 1. The van der Waals surface area contributed by atoms with Gasteiger partial charge in [0.1, 0.15) is 12.4 Å². The molecule has 0 aliphatic heterocycles. The van der Waals surface area contributed by atoms with Crippen LogP contribution in [0.1, 0.15) is 23.2 Å². The highest BCUT2D eigenvalue weighted by Gasteiger charge is 2.12. The Balaban J connectivity index is 1.79. The maximum atomic E-state index is 12.7. The summed E-state index contributed by atoms with van der Waals surface area (Å²) >= 11 is 5.95. The standard InChI is InChI=1S/C24H20ClN3O2/c25-20-9-5-18(6-10-20)16-23(24(29)28-15-3-13-26)19-7-11-22(12-8-19)30-17-21-4-1-2-14-27-21/h1-2,4-12,14,16H,3,15,17H2,(H,28,29)/b23-16+. The molecule has 5 nitrogen and oxygen atoms in total. The molecule has 3 rings (SSSR count). The zero-order valence-corrected chi connectivity index (χ0v) is 17.0. The van der Waals surface area contributed by atoms with E-state index >= 15 is 0 Å². The van der Waals surface area contributed by atoms with Gasteiger partial charge in [-0.15, -0.1) is 0 Å². The number of nitriles is 1. The lowest BCUT2D eigenvalue weighted by atomic mass is 10.0. The van der Waals surface area contributed by atoms with Gasteiger partial charge in [-0.05, 0) is 53.6 Å². The first kappa shape index (κ1) is 21.1. The molecule has 6 heteroatoms. The van der Waals surface area contributed by atoms with Gasteiger partial charge in [0.2, 0.25) is 0 Å². The van der Waals surface area contributed by atoms with Crippen LogP contribution in [-0.2, 0) is 11.4 Å². The summed E-state index contributed by atoms with van der Waals surface area (Å²) in [4.78, 5) is 17.0. The molecular weight excluding hydrogens is 398 g/mol. The van der Waals surface area contributed by atoms with Crippen molar-refractivity contribution in [2.24, 2.45) is 0 Å². The topological polar surface area (TPSA) is 75.0 Å². The van der Waals surface area contributed by atoms with Crippen molar-refractivity contribution in [2.45, 2.75) is 13.0 Å². The minimum absolute atomic E-state index is 0.248. The number of hydrogen-bond donors (Lipinski definition) is 1. The predicted octanol–water partition coefficient (Wildman–Crippen LogP) is 4.88. The van der Waals surface area contributed by atoms with Crippen LogP contribution in [0.5, 0.6) is 5.75 Å². The molecule has 0 atom stereocenters. The number of ether oxygens (including phenoxy) is 1. The molecule has 0 spiro atoms. The van der Waals surface area contributed by atoms with Crippen LogP contribution < -0.4 is 10.1 Å². The predicted molar refractivity (Wildman–Crippen MR) is 118 cm³/mol. The van der Waals surface area contributed by atoms with Crippen LogP contribution in [0.25, 0.3) is 11.6 Å². The molecule has 0 bridgehead atoms. The first-order chi connectivity index (χ1) is 14.7. The van der Waals surface area contributed by atoms with Crippen molar-refractivity contribution in [3.8, 4) is 11.8 Å². The number of nitrogens with zero attached hydrogens (tertiary/aromatic N) is 2.